The van der Waals surface area contributed by atoms with Crippen LogP contribution < -0.4 is 5.32 Å². The summed E-state index contributed by atoms with van der Waals surface area (Å²) in [5.41, 5.74) is 2.73. The Balaban J connectivity index is 1.56. The first kappa shape index (κ1) is 17.1. The fourth-order valence-corrected chi connectivity index (χ4v) is 2.56. The van der Waals surface area contributed by atoms with Gasteiger partial charge in [0.1, 0.15) is 5.82 Å². The maximum absolute atomic E-state index is 12.9. The molecule has 25 heavy (non-hydrogen) atoms. The van der Waals surface area contributed by atoms with Gasteiger partial charge in [-0.05, 0) is 36.0 Å². The zero-order valence-corrected chi connectivity index (χ0v) is 14.9. The van der Waals surface area contributed by atoms with Gasteiger partial charge in [0.05, 0.1) is 30.7 Å². The number of aromatic nitrogens is 4. The van der Waals surface area contributed by atoms with Gasteiger partial charge in [0.15, 0.2) is 5.11 Å². The number of thiocarbonyl (C=S) groups is 1. The molecule has 2 aromatic heterocycles. The highest BCUT2D eigenvalue weighted by Crippen LogP contribution is 2.10. The van der Waals surface area contributed by atoms with Crippen molar-refractivity contribution in [3.63, 3.8) is 0 Å². The molecule has 1 aromatic carbocycles. The lowest BCUT2D eigenvalue weighted by molar-refractivity contribution is 0.495. The number of nitrogens with zero attached hydrogens (tertiary/aromatic N) is 5. The molecule has 3 rings (SSSR count). The molecule has 3 aromatic rings. The minimum Gasteiger partial charge on any atom is -0.346 e. The van der Waals surface area contributed by atoms with Gasteiger partial charge in [0.2, 0.25) is 0 Å². The number of rotatable bonds is 5. The van der Waals surface area contributed by atoms with E-state index in [2.05, 4.69) is 15.5 Å². The Hall–Kier alpha value is -2.74. The second kappa shape index (κ2) is 7.43. The summed E-state index contributed by atoms with van der Waals surface area (Å²) in [5, 5.41) is 12.4. The fourth-order valence-electron chi connectivity index (χ4n) is 2.37. The number of nitrogens with one attached hydrogen (secondary N) is 1. The van der Waals surface area contributed by atoms with Gasteiger partial charge in [0, 0.05) is 26.5 Å². The van der Waals surface area contributed by atoms with Crippen LogP contribution in [0.25, 0.3) is 0 Å². The highest BCUT2D eigenvalue weighted by molar-refractivity contribution is 7.80. The summed E-state index contributed by atoms with van der Waals surface area (Å²) in [6, 6.07) is 8.34. The summed E-state index contributed by atoms with van der Waals surface area (Å²) >= 11 is 5.42. The summed E-state index contributed by atoms with van der Waals surface area (Å²) < 4.78 is 16.5. The molecule has 0 saturated heterocycles. The molecule has 0 aliphatic rings. The largest absolute Gasteiger partial charge is 0.346 e. The second-order valence-electron chi connectivity index (χ2n) is 5.82. The molecule has 2 heterocycles. The lowest BCUT2D eigenvalue weighted by atomic mass is 10.2. The minimum atomic E-state index is -0.243. The second-order valence-corrected chi connectivity index (χ2v) is 6.21. The van der Waals surface area contributed by atoms with Crippen molar-refractivity contribution in [3.8, 4) is 0 Å². The monoisotopic (exact) mass is 358 g/mol. The molecule has 0 aliphatic heterocycles. The summed E-state index contributed by atoms with van der Waals surface area (Å²) in [4.78, 5) is 1.91. The van der Waals surface area contributed by atoms with Crippen LogP contribution in [-0.4, -0.2) is 36.6 Å². The van der Waals surface area contributed by atoms with E-state index in [1.807, 2.05) is 37.5 Å². The van der Waals surface area contributed by atoms with E-state index in [0.29, 0.717) is 18.2 Å². The lowest BCUT2D eigenvalue weighted by Crippen LogP contribution is -2.30. The van der Waals surface area contributed by atoms with Crippen molar-refractivity contribution >= 4 is 23.0 Å². The normalized spacial score (nSPS) is 10.7. The van der Waals surface area contributed by atoms with Crippen LogP contribution in [0.3, 0.4) is 0 Å². The zero-order valence-electron chi connectivity index (χ0n) is 14.1. The Morgan fingerprint density at radius 2 is 2.04 bits per heavy atom. The molecular weight excluding hydrogens is 339 g/mol. The van der Waals surface area contributed by atoms with Gasteiger partial charge in [-0.25, -0.2) is 4.39 Å². The van der Waals surface area contributed by atoms with E-state index in [0.717, 1.165) is 16.9 Å². The molecule has 0 bridgehead atoms. The van der Waals surface area contributed by atoms with E-state index in [9.17, 15) is 4.39 Å². The van der Waals surface area contributed by atoms with Crippen molar-refractivity contribution in [3.05, 3.63) is 66.0 Å². The number of benzene rings is 1. The Morgan fingerprint density at radius 1 is 1.28 bits per heavy atom. The van der Waals surface area contributed by atoms with Crippen molar-refractivity contribution in [2.24, 2.45) is 7.05 Å². The predicted molar refractivity (Wildman–Crippen MR) is 98.6 cm³/mol. The van der Waals surface area contributed by atoms with E-state index >= 15 is 0 Å². The standard InChI is InChI=1S/C17H19FN6S/c1-22(11-15-7-8-23(2)21-15)17(25)20-16-9-19-24(12-16)10-13-3-5-14(18)6-4-13/h3-9,12H,10-11H2,1-2H3,(H,20,25). The molecule has 0 spiro atoms. The van der Waals surface area contributed by atoms with Crippen LogP contribution in [-0.2, 0) is 20.1 Å². The van der Waals surface area contributed by atoms with Crippen molar-refractivity contribution < 1.29 is 4.39 Å². The SMILES string of the molecule is CN(Cc1ccn(C)n1)C(=S)Nc1cnn(Cc2ccc(F)cc2)c1. The predicted octanol–water partition coefficient (Wildman–Crippen LogP) is 2.63. The maximum Gasteiger partial charge on any atom is 0.173 e. The maximum atomic E-state index is 12.9. The third-order valence-electron chi connectivity index (χ3n) is 3.66. The van der Waals surface area contributed by atoms with E-state index in [-0.39, 0.29) is 5.82 Å². The van der Waals surface area contributed by atoms with Crippen LogP contribution in [0, 0.1) is 5.82 Å². The molecular formula is C17H19FN6S. The smallest absolute Gasteiger partial charge is 0.173 e. The van der Waals surface area contributed by atoms with Gasteiger partial charge in [-0.3, -0.25) is 9.36 Å². The Bertz CT molecular complexity index is 854. The highest BCUT2D eigenvalue weighted by atomic mass is 32.1. The third-order valence-corrected chi connectivity index (χ3v) is 4.07. The molecule has 6 nitrogen and oxygen atoms in total. The third kappa shape index (κ3) is 4.63. The Morgan fingerprint density at radius 3 is 2.72 bits per heavy atom. The first-order chi connectivity index (χ1) is 12.0. The Labute approximate surface area is 150 Å². The van der Waals surface area contributed by atoms with Gasteiger partial charge in [0.25, 0.3) is 0 Å². The molecule has 1 N–H and O–H groups in total. The van der Waals surface area contributed by atoms with Gasteiger partial charge < -0.3 is 10.2 Å². The van der Waals surface area contributed by atoms with Crippen LogP contribution in [0.5, 0.6) is 0 Å². The zero-order chi connectivity index (χ0) is 17.8. The van der Waals surface area contributed by atoms with Gasteiger partial charge in [-0.1, -0.05) is 12.1 Å². The summed E-state index contributed by atoms with van der Waals surface area (Å²) in [6.07, 6.45) is 5.48. The summed E-state index contributed by atoms with van der Waals surface area (Å²) in [5.74, 6) is -0.243. The van der Waals surface area contributed by atoms with Gasteiger partial charge in [-0.15, -0.1) is 0 Å². The molecule has 0 amide bonds. The number of aryl methyl sites for hydroxylation is 1. The number of halogens is 1. The van der Waals surface area contributed by atoms with Crippen LogP contribution in [0.2, 0.25) is 0 Å². The molecule has 0 unspecified atom stereocenters. The van der Waals surface area contributed by atoms with E-state index in [4.69, 9.17) is 12.2 Å². The quantitative estimate of drug-likeness (QED) is 0.711. The first-order valence-electron chi connectivity index (χ1n) is 7.77. The average Bonchev–Trinajstić information content (AvgIpc) is 3.18. The van der Waals surface area contributed by atoms with Gasteiger partial charge >= 0.3 is 0 Å². The molecule has 0 radical (unpaired) electrons. The molecule has 0 fully saturated rings. The first-order valence-corrected chi connectivity index (χ1v) is 8.18. The fraction of sp³-hybridized carbons (Fsp3) is 0.235. The van der Waals surface area contributed by atoms with Gasteiger partial charge in [-0.2, -0.15) is 10.2 Å². The van der Waals surface area contributed by atoms with Crippen LogP contribution in [0.1, 0.15) is 11.3 Å². The van der Waals surface area contributed by atoms with E-state index in [1.54, 1.807) is 27.7 Å². The molecule has 0 atom stereocenters. The van der Waals surface area contributed by atoms with E-state index < -0.39 is 0 Å². The molecule has 8 heteroatoms. The molecule has 0 saturated carbocycles. The summed E-state index contributed by atoms with van der Waals surface area (Å²) in [7, 11) is 3.79. The van der Waals surface area contributed by atoms with Crippen LogP contribution in [0.4, 0.5) is 10.1 Å². The number of hydrogen-bond acceptors (Lipinski definition) is 3. The lowest BCUT2D eigenvalue weighted by Gasteiger charge is -2.19. The number of anilines is 1. The van der Waals surface area contributed by atoms with Crippen molar-refractivity contribution in [1.82, 2.24) is 24.5 Å². The molecule has 0 aliphatic carbocycles. The number of hydrogen-bond donors (Lipinski definition) is 1. The Kier molecular flexibility index (Phi) is 5.08. The van der Waals surface area contributed by atoms with E-state index in [1.165, 1.54) is 12.1 Å². The van der Waals surface area contributed by atoms with Crippen molar-refractivity contribution in [2.45, 2.75) is 13.1 Å². The molecule has 130 valence electrons. The average molecular weight is 358 g/mol. The minimum absolute atomic E-state index is 0.243. The summed E-state index contributed by atoms with van der Waals surface area (Å²) in [6.45, 7) is 1.19. The van der Waals surface area contributed by atoms with Crippen molar-refractivity contribution in [2.75, 3.05) is 12.4 Å². The van der Waals surface area contributed by atoms with Crippen LogP contribution >= 0.6 is 12.2 Å². The van der Waals surface area contributed by atoms with Crippen LogP contribution in [0.15, 0.2) is 48.9 Å². The van der Waals surface area contributed by atoms with Crippen molar-refractivity contribution in [1.29, 1.82) is 0 Å². The topological polar surface area (TPSA) is 50.9 Å². The highest BCUT2D eigenvalue weighted by Gasteiger charge is 2.09.